The number of carbonyl (C=O) groups is 1. The van der Waals surface area contributed by atoms with Crippen LogP contribution in [0.25, 0.3) is 32.9 Å². The van der Waals surface area contributed by atoms with Crippen LogP contribution in [-0.2, 0) is 4.79 Å². The van der Waals surface area contributed by atoms with Crippen molar-refractivity contribution in [1.29, 1.82) is 0 Å². The van der Waals surface area contributed by atoms with Crippen LogP contribution in [0.1, 0.15) is 50.5 Å². The van der Waals surface area contributed by atoms with Crippen molar-refractivity contribution in [2.24, 2.45) is 0 Å². The molecule has 11 heteroatoms. The molecule has 0 aliphatic carbocycles. The van der Waals surface area contributed by atoms with E-state index in [-0.39, 0.29) is 57.0 Å². The van der Waals surface area contributed by atoms with E-state index in [1.807, 2.05) is 4.90 Å². The lowest BCUT2D eigenvalue weighted by Crippen LogP contribution is -2.43. The minimum atomic E-state index is -0.775. The number of carbonyl (C=O) groups excluding carboxylic acids is 1. The molecule has 0 radical (unpaired) electrons. The molecule has 2 N–H and O–H groups in total. The molecule has 3 fully saturated rings. The molecule has 5 heterocycles. The predicted octanol–water partition coefficient (Wildman–Crippen LogP) is 5.48. The minimum absolute atomic E-state index is 0.0201. The number of phenols is 1. The lowest BCUT2D eigenvalue weighted by molar-refractivity contribution is -0.117. The summed E-state index contributed by atoms with van der Waals surface area (Å²) >= 11 is 0. The number of aromatic nitrogens is 3. The van der Waals surface area contributed by atoms with E-state index in [4.69, 9.17) is 16.1 Å². The quantitative estimate of drug-likeness (QED) is 0.203. The standard InChI is InChI=1S/C36H36F2N6O3/c1-3-25-28(37)11-10-22-17-24(45)18-26(30(22)25)32-31(38)33-27(19-39-32)34(43-14-6-5-9-23(20-43)40-29(46)4-2)42-35(41-33)47-21-36-12-7-15-44(36)16-8-13-36/h1,4,10-11,17-19,23,45H,2,5-9,12-16,20-21H2,(H,40,46)/t23-/m0/s1. The molecule has 7 rings (SSSR count). The highest BCUT2D eigenvalue weighted by Gasteiger charge is 2.45. The number of rotatable bonds is 7. The van der Waals surface area contributed by atoms with Gasteiger partial charge < -0.3 is 20.1 Å². The summed E-state index contributed by atoms with van der Waals surface area (Å²) in [6.07, 6.45) is 15.2. The van der Waals surface area contributed by atoms with Crippen LogP contribution in [-0.4, -0.2) is 75.2 Å². The zero-order valence-electron chi connectivity index (χ0n) is 26.1. The first-order valence-electron chi connectivity index (χ1n) is 16.1. The van der Waals surface area contributed by atoms with Crippen molar-refractivity contribution in [1.82, 2.24) is 25.2 Å². The lowest BCUT2D eigenvalue weighted by Gasteiger charge is -2.31. The first-order valence-corrected chi connectivity index (χ1v) is 16.1. The van der Waals surface area contributed by atoms with Crippen molar-refractivity contribution in [3.63, 3.8) is 0 Å². The van der Waals surface area contributed by atoms with E-state index < -0.39 is 11.6 Å². The second-order valence-corrected chi connectivity index (χ2v) is 12.7. The van der Waals surface area contributed by atoms with Crippen LogP contribution >= 0.6 is 0 Å². The van der Waals surface area contributed by atoms with Crippen LogP contribution < -0.4 is 15.0 Å². The second-order valence-electron chi connectivity index (χ2n) is 12.7. The Hall–Kier alpha value is -4.82. The molecular formula is C36H36F2N6O3. The molecule has 3 saturated heterocycles. The molecule has 1 atom stereocenters. The van der Waals surface area contributed by atoms with Gasteiger partial charge in [0.1, 0.15) is 35.2 Å². The van der Waals surface area contributed by atoms with Crippen LogP contribution in [0, 0.1) is 24.0 Å². The number of nitrogens with one attached hydrogen (secondary N) is 1. The smallest absolute Gasteiger partial charge is 0.319 e. The number of terminal acetylenes is 1. The Morgan fingerprint density at radius 1 is 1.17 bits per heavy atom. The first-order chi connectivity index (χ1) is 22.8. The number of nitrogens with zero attached hydrogens (tertiary/aromatic N) is 5. The monoisotopic (exact) mass is 638 g/mol. The topological polar surface area (TPSA) is 104 Å². The fraction of sp³-hybridized carbons (Fsp3) is 0.389. The minimum Gasteiger partial charge on any atom is -0.508 e. The molecule has 3 aliphatic heterocycles. The van der Waals surface area contributed by atoms with Crippen molar-refractivity contribution in [3.8, 4) is 35.4 Å². The average Bonchev–Trinajstić information content (AvgIpc) is 3.57. The third-order valence-electron chi connectivity index (χ3n) is 9.88. The van der Waals surface area contributed by atoms with Crippen LogP contribution in [0.4, 0.5) is 14.6 Å². The van der Waals surface area contributed by atoms with Crippen LogP contribution in [0.3, 0.4) is 0 Å². The number of hydrogen-bond acceptors (Lipinski definition) is 8. The Kier molecular flexibility index (Phi) is 8.14. The molecule has 0 spiro atoms. The van der Waals surface area contributed by atoms with E-state index in [0.717, 1.165) is 58.0 Å². The first kappa shape index (κ1) is 30.8. The summed E-state index contributed by atoms with van der Waals surface area (Å²) in [7, 11) is 0. The van der Waals surface area contributed by atoms with Gasteiger partial charge in [-0.1, -0.05) is 18.6 Å². The molecule has 4 aromatic rings. The van der Waals surface area contributed by atoms with E-state index >= 15 is 4.39 Å². The van der Waals surface area contributed by atoms with Crippen LogP contribution in [0.15, 0.2) is 43.1 Å². The summed E-state index contributed by atoms with van der Waals surface area (Å²) in [5.41, 5.74) is -0.157. The van der Waals surface area contributed by atoms with Crippen LogP contribution in [0.2, 0.25) is 0 Å². The van der Waals surface area contributed by atoms with Gasteiger partial charge in [0, 0.05) is 36.3 Å². The molecule has 1 amide bonds. The van der Waals surface area contributed by atoms with Gasteiger partial charge in [0.25, 0.3) is 0 Å². The van der Waals surface area contributed by atoms with Gasteiger partial charge in [0.2, 0.25) is 5.91 Å². The fourth-order valence-electron chi connectivity index (χ4n) is 7.64. The Morgan fingerprint density at radius 2 is 1.98 bits per heavy atom. The molecule has 242 valence electrons. The van der Waals surface area contributed by atoms with Crippen molar-refractivity contribution >= 4 is 33.4 Å². The Morgan fingerprint density at radius 3 is 2.74 bits per heavy atom. The zero-order valence-corrected chi connectivity index (χ0v) is 26.1. The fourth-order valence-corrected chi connectivity index (χ4v) is 7.64. The third kappa shape index (κ3) is 5.61. The summed E-state index contributed by atoms with van der Waals surface area (Å²) in [6.45, 7) is 7.08. The van der Waals surface area contributed by atoms with Gasteiger partial charge >= 0.3 is 6.01 Å². The van der Waals surface area contributed by atoms with Gasteiger partial charge in [-0.15, -0.1) is 6.42 Å². The highest BCUT2D eigenvalue weighted by molar-refractivity contribution is 6.03. The van der Waals surface area contributed by atoms with E-state index in [2.05, 4.69) is 32.7 Å². The normalized spacial score (nSPS) is 19.3. The van der Waals surface area contributed by atoms with Gasteiger partial charge in [0.15, 0.2) is 5.82 Å². The number of phenolic OH excluding ortho intramolecular Hbond substituents is 1. The summed E-state index contributed by atoms with van der Waals surface area (Å²) in [5, 5.41) is 14.6. The molecule has 0 bridgehead atoms. The maximum atomic E-state index is 16.9. The number of anilines is 1. The average molecular weight is 639 g/mol. The van der Waals surface area contributed by atoms with E-state index in [9.17, 15) is 14.3 Å². The summed E-state index contributed by atoms with van der Waals surface area (Å²) in [4.78, 5) is 30.6. The van der Waals surface area contributed by atoms with E-state index in [1.165, 1.54) is 36.5 Å². The molecule has 3 aliphatic rings. The summed E-state index contributed by atoms with van der Waals surface area (Å²) in [6, 6.07) is 5.35. The Labute approximate surface area is 271 Å². The Balaban J connectivity index is 1.37. The number of amides is 1. The van der Waals surface area contributed by atoms with E-state index in [1.54, 1.807) is 0 Å². The third-order valence-corrected chi connectivity index (χ3v) is 9.88. The van der Waals surface area contributed by atoms with Crippen molar-refractivity contribution in [2.75, 3.05) is 37.7 Å². The Bertz CT molecular complexity index is 1930. The molecular weight excluding hydrogens is 602 g/mol. The summed E-state index contributed by atoms with van der Waals surface area (Å²) < 4.78 is 38.1. The van der Waals surface area contributed by atoms with Gasteiger partial charge in [-0.25, -0.2) is 8.78 Å². The van der Waals surface area contributed by atoms with Crippen molar-refractivity contribution in [3.05, 3.63) is 60.3 Å². The highest BCUT2D eigenvalue weighted by Crippen LogP contribution is 2.41. The molecule has 0 saturated carbocycles. The molecule has 2 aromatic carbocycles. The van der Waals surface area contributed by atoms with Gasteiger partial charge in [-0.05, 0) is 87.7 Å². The maximum Gasteiger partial charge on any atom is 0.319 e. The second kappa shape index (κ2) is 12.4. The number of hydrogen-bond donors (Lipinski definition) is 2. The van der Waals surface area contributed by atoms with Crippen molar-refractivity contribution < 1.29 is 23.4 Å². The van der Waals surface area contributed by atoms with Crippen molar-refractivity contribution in [2.45, 2.75) is 56.5 Å². The lowest BCUT2D eigenvalue weighted by atomic mass is 9.95. The maximum absolute atomic E-state index is 16.9. The predicted molar refractivity (Wildman–Crippen MR) is 176 cm³/mol. The number of ether oxygens (including phenoxy) is 1. The number of benzene rings is 2. The number of pyridine rings is 1. The SMILES string of the molecule is C#Cc1c(F)ccc2cc(O)cc(-c3ncc4c(N5CCCC[C@H](NC(=O)C=C)C5)nc(OCC56CCCN5CCC6)nc4c3F)c12. The summed E-state index contributed by atoms with van der Waals surface area (Å²) in [5.74, 6) is 1.00. The zero-order chi connectivity index (χ0) is 32.7. The molecule has 47 heavy (non-hydrogen) atoms. The van der Waals surface area contributed by atoms with Gasteiger partial charge in [0.05, 0.1) is 16.5 Å². The number of fused-ring (bicyclic) bond motifs is 3. The van der Waals surface area contributed by atoms with Gasteiger partial charge in [-0.3, -0.25) is 14.7 Å². The molecule has 0 unspecified atom stereocenters. The molecule has 2 aromatic heterocycles. The van der Waals surface area contributed by atoms with Gasteiger partial charge in [-0.2, -0.15) is 9.97 Å². The van der Waals surface area contributed by atoms with E-state index in [0.29, 0.717) is 36.3 Å². The number of halogens is 2. The number of aromatic hydroxyl groups is 1. The largest absolute Gasteiger partial charge is 0.508 e. The van der Waals surface area contributed by atoms with Crippen LogP contribution in [0.5, 0.6) is 11.8 Å². The molecule has 9 nitrogen and oxygen atoms in total. The highest BCUT2D eigenvalue weighted by atomic mass is 19.1.